The van der Waals surface area contributed by atoms with Gasteiger partial charge in [0, 0.05) is 0 Å². The molecule has 0 amide bonds. The summed E-state index contributed by atoms with van der Waals surface area (Å²) in [4.78, 5) is 0. The largest absolute Gasteiger partial charge is 0.206 e. The van der Waals surface area contributed by atoms with E-state index in [0.717, 1.165) is 16.7 Å². The zero-order chi connectivity index (χ0) is 15.7. The topological polar surface area (TPSA) is 0 Å². The summed E-state index contributed by atoms with van der Waals surface area (Å²) in [6.45, 7) is 3.92. The van der Waals surface area contributed by atoms with Crippen LogP contribution in [-0.4, -0.2) is 0 Å². The van der Waals surface area contributed by atoms with Crippen LogP contribution in [0.1, 0.15) is 11.1 Å². The Balaban J connectivity index is 2.08. The average molecular weight is 294 g/mol. The summed E-state index contributed by atoms with van der Waals surface area (Å²) in [6.07, 6.45) is 0. The van der Waals surface area contributed by atoms with Crippen molar-refractivity contribution in [1.82, 2.24) is 0 Å². The Labute approximate surface area is 129 Å². The van der Waals surface area contributed by atoms with Crippen molar-refractivity contribution in [2.75, 3.05) is 0 Å². The number of hydrogen-bond acceptors (Lipinski definition) is 0. The summed E-state index contributed by atoms with van der Waals surface area (Å²) in [6, 6.07) is 17.6. The summed E-state index contributed by atoms with van der Waals surface area (Å²) in [5.74, 6) is -1.08. The second-order valence-electron chi connectivity index (χ2n) is 5.55. The van der Waals surface area contributed by atoms with Gasteiger partial charge in [-0.25, -0.2) is 8.78 Å². The molecule has 22 heavy (non-hydrogen) atoms. The summed E-state index contributed by atoms with van der Waals surface area (Å²) in [5, 5.41) is 0. The molecule has 3 aromatic carbocycles. The first-order valence-corrected chi connectivity index (χ1v) is 7.18. The Morgan fingerprint density at radius 2 is 0.955 bits per heavy atom. The maximum Gasteiger partial charge on any atom is 0.134 e. The quantitative estimate of drug-likeness (QED) is 0.550. The molecule has 0 aliphatic rings. The summed E-state index contributed by atoms with van der Waals surface area (Å²) in [7, 11) is 0. The van der Waals surface area contributed by atoms with Crippen LogP contribution in [0.5, 0.6) is 0 Å². The van der Waals surface area contributed by atoms with Crippen LogP contribution in [0, 0.1) is 25.5 Å². The highest BCUT2D eigenvalue weighted by Crippen LogP contribution is 2.31. The van der Waals surface area contributed by atoms with Gasteiger partial charge in [-0.2, -0.15) is 0 Å². The third-order valence-electron chi connectivity index (χ3n) is 3.77. The molecular weight excluding hydrogens is 278 g/mol. The molecule has 0 fully saturated rings. The second-order valence-corrected chi connectivity index (χ2v) is 5.55. The van der Waals surface area contributed by atoms with Crippen molar-refractivity contribution in [1.29, 1.82) is 0 Å². The van der Waals surface area contributed by atoms with E-state index in [2.05, 4.69) is 0 Å². The zero-order valence-electron chi connectivity index (χ0n) is 12.5. The van der Waals surface area contributed by atoms with Gasteiger partial charge in [-0.1, -0.05) is 59.7 Å². The van der Waals surface area contributed by atoms with Crippen LogP contribution in [0.15, 0.2) is 60.7 Å². The van der Waals surface area contributed by atoms with Gasteiger partial charge in [0.15, 0.2) is 0 Å². The number of halogens is 2. The van der Waals surface area contributed by atoms with Crippen molar-refractivity contribution in [3.05, 3.63) is 83.4 Å². The number of aryl methyl sites for hydroxylation is 2. The van der Waals surface area contributed by atoms with Gasteiger partial charge in [-0.05, 0) is 42.7 Å². The predicted octanol–water partition coefficient (Wildman–Crippen LogP) is 5.92. The van der Waals surface area contributed by atoms with E-state index in [0.29, 0.717) is 11.1 Å². The van der Waals surface area contributed by atoms with Gasteiger partial charge in [0.2, 0.25) is 0 Å². The Kier molecular flexibility index (Phi) is 3.76. The van der Waals surface area contributed by atoms with Gasteiger partial charge in [0.1, 0.15) is 11.6 Å². The van der Waals surface area contributed by atoms with E-state index in [-0.39, 0.29) is 5.56 Å². The molecule has 0 heterocycles. The lowest BCUT2D eigenvalue weighted by atomic mass is 9.98. The standard InChI is InChI=1S/C20H16F2/c1-13-3-7-15(8-4-13)17-11-18(21)20(19(22)12-17)16-9-5-14(2)6-10-16/h3-12H,1-2H3. The van der Waals surface area contributed by atoms with Gasteiger partial charge in [-0.15, -0.1) is 0 Å². The van der Waals surface area contributed by atoms with Crippen molar-refractivity contribution in [3.8, 4) is 22.3 Å². The minimum absolute atomic E-state index is 0.0239. The fraction of sp³-hybridized carbons (Fsp3) is 0.100. The monoisotopic (exact) mass is 294 g/mol. The molecule has 0 N–H and O–H groups in total. The third-order valence-corrected chi connectivity index (χ3v) is 3.77. The van der Waals surface area contributed by atoms with Gasteiger partial charge in [0.05, 0.1) is 5.56 Å². The zero-order valence-corrected chi connectivity index (χ0v) is 12.5. The van der Waals surface area contributed by atoms with E-state index < -0.39 is 11.6 Å². The summed E-state index contributed by atoms with van der Waals surface area (Å²) < 4.78 is 28.8. The normalized spacial score (nSPS) is 10.7. The molecule has 0 atom stereocenters. The first-order chi connectivity index (χ1) is 10.5. The van der Waals surface area contributed by atoms with Crippen molar-refractivity contribution in [2.24, 2.45) is 0 Å². The molecule has 0 aliphatic carbocycles. The van der Waals surface area contributed by atoms with Crippen LogP contribution in [0.2, 0.25) is 0 Å². The van der Waals surface area contributed by atoms with Gasteiger partial charge >= 0.3 is 0 Å². The van der Waals surface area contributed by atoms with E-state index in [4.69, 9.17) is 0 Å². The fourth-order valence-corrected chi connectivity index (χ4v) is 2.48. The average Bonchev–Trinajstić information content (AvgIpc) is 2.49. The molecule has 0 saturated carbocycles. The molecular formula is C20H16F2. The van der Waals surface area contributed by atoms with Crippen LogP contribution in [0.25, 0.3) is 22.3 Å². The third kappa shape index (κ3) is 2.77. The lowest BCUT2D eigenvalue weighted by Crippen LogP contribution is -1.92. The molecule has 0 spiro atoms. The van der Waals surface area contributed by atoms with Gasteiger partial charge in [0.25, 0.3) is 0 Å². The van der Waals surface area contributed by atoms with E-state index >= 15 is 0 Å². The van der Waals surface area contributed by atoms with Crippen LogP contribution >= 0.6 is 0 Å². The van der Waals surface area contributed by atoms with E-state index in [1.54, 1.807) is 12.1 Å². The Bertz CT molecular complexity index is 777. The molecule has 110 valence electrons. The van der Waals surface area contributed by atoms with Crippen molar-refractivity contribution in [3.63, 3.8) is 0 Å². The highest BCUT2D eigenvalue weighted by Gasteiger charge is 2.14. The SMILES string of the molecule is Cc1ccc(-c2cc(F)c(-c3ccc(C)cc3)c(F)c2)cc1. The molecule has 3 rings (SSSR count). The minimum Gasteiger partial charge on any atom is -0.206 e. The smallest absolute Gasteiger partial charge is 0.134 e. The summed E-state index contributed by atoms with van der Waals surface area (Å²) >= 11 is 0. The second kappa shape index (κ2) is 5.72. The number of hydrogen-bond donors (Lipinski definition) is 0. The predicted molar refractivity (Wildman–Crippen MR) is 86.7 cm³/mol. The van der Waals surface area contributed by atoms with Crippen LogP contribution in [0.3, 0.4) is 0 Å². The Morgan fingerprint density at radius 1 is 0.545 bits per heavy atom. The van der Waals surface area contributed by atoms with E-state index in [1.807, 2.05) is 50.2 Å². The molecule has 2 heteroatoms. The number of benzene rings is 3. The summed E-state index contributed by atoms with van der Waals surface area (Å²) in [5.41, 5.74) is 4.10. The van der Waals surface area contributed by atoms with E-state index in [1.165, 1.54) is 12.1 Å². The fourth-order valence-electron chi connectivity index (χ4n) is 2.48. The minimum atomic E-state index is -0.542. The number of rotatable bonds is 2. The molecule has 0 bridgehead atoms. The first kappa shape index (κ1) is 14.5. The van der Waals surface area contributed by atoms with Crippen molar-refractivity contribution >= 4 is 0 Å². The van der Waals surface area contributed by atoms with Crippen LogP contribution in [-0.2, 0) is 0 Å². The maximum absolute atomic E-state index is 14.4. The maximum atomic E-state index is 14.4. The molecule has 3 aromatic rings. The van der Waals surface area contributed by atoms with Gasteiger partial charge in [-0.3, -0.25) is 0 Å². The molecule has 0 unspecified atom stereocenters. The Morgan fingerprint density at radius 3 is 1.41 bits per heavy atom. The highest BCUT2D eigenvalue weighted by molar-refractivity contribution is 5.72. The molecule has 0 aliphatic heterocycles. The molecule has 0 radical (unpaired) electrons. The lowest BCUT2D eigenvalue weighted by molar-refractivity contribution is 0.590. The van der Waals surface area contributed by atoms with E-state index in [9.17, 15) is 8.78 Å². The Hall–Kier alpha value is -2.48. The van der Waals surface area contributed by atoms with Crippen LogP contribution < -0.4 is 0 Å². The molecule has 0 aromatic heterocycles. The van der Waals surface area contributed by atoms with Crippen molar-refractivity contribution in [2.45, 2.75) is 13.8 Å². The lowest BCUT2D eigenvalue weighted by Gasteiger charge is -2.09. The highest BCUT2D eigenvalue weighted by atomic mass is 19.1. The van der Waals surface area contributed by atoms with Crippen LogP contribution in [0.4, 0.5) is 8.78 Å². The molecule has 0 saturated heterocycles. The van der Waals surface area contributed by atoms with Gasteiger partial charge < -0.3 is 0 Å². The first-order valence-electron chi connectivity index (χ1n) is 7.18. The van der Waals surface area contributed by atoms with Crippen molar-refractivity contribution < 1.29 is 8.78 Å². The molecule has 0 nitrogen and oxygen atoms in total.